The molecule has 104 valence electrons. The summed E-state index contributed by atoms with van der Waals surface area (Å²) < 4.78 is 0. The summed E-state index contributed by atoms with van der Waals surface area (Å²) in [5, 5.41) is 0. The largest absolute Gasteiger partial charge is 0.399 e. The molecule has 0 aliphatic heterocycles. The fraction of sp³-hybridized carbons (Fsp3) is 0.200. The van der Waals surface area contributed by atoms with Crippen LogP contribution in [-0.2, 0) is 11.3 Å². The Kier molecular flexibility index (Phi) is 4.53. The average molecular weight is 287 g/mol. The lowest BCUT2D eigenvalue weighted by molar-refractivity contribution is -0.125. The van der Waals surface area contributed by atoms with Crippen LogP contribution in [0.15, 0.2) is 35.9 Å². The molecule has 0 radical (unpaired) electrons. The number of thiazole rings is 1. The molecule has 0 atom stereocenters. The minimum atomic E-state index is -0.0415. The Balaban J connectivity index is 1.99. The monoisotopic (exact) mass is 287 g/mol. The number of likely N-dealkylation sites (N-methyl/N-ethyl adjacent to an activating group) is 1. The van der Waals surface area contributed by atoms with Gasteiger partial charge in [-0.1, -0.05) is 12.1 Å². The second kappa shape index (κ2) is 6.34. The van der Waals surface area contributed by atoms with Gasteiger partial charge in [0, 0.05) is 23.7 Å². The number of hydrogen-bond acceptors (Lipinski definition) is 4. The second-order valence-corrected chi connectivity index (χ2v) is 5.50. The van der Waals surface area contributed by atoms with Gasteiger partial charge in [0.25, 0.3) is 0 Å². The number of anilines is 1. The highest BCUT2D eigenvalue weighted by Gasteiger charge is 2.09. The number of rotatable bonds is 4. The molecule has 0 saturated carbocycles. The van der Waals surface area contributed by atoms with E-state index < -0.39 is 0 Å². The number of benzene rings is 1. The second-order valence-electron chi connectivity index (χ2n) is 4.56. The molecule has 0 saturated heterocycles. The zero-order valence-electron chi connectivity index (χ0n) is 11.5. The van der Waals surface area contributed by atoms with Crippen LogP contribution in [0, 0.1) is 6.92 Å². The number of carbonyl (C=O) groups is 1. The quantitative estimate of drug-likeness (QED) is 0.695. The maximum atomic E-state index is 12.0. The maximum absolute atomic E-state index is 12.0. The lowest BCUT2D eigenvalue weighted by atomic mass is 10.2. The van der Waals surface area contributed by atoms with Gasteiger partial charge in [0.15, 0.2) is 0 Å². The molecule has 1 amide bonds. The summed E-state index contributed by atoms with van der Waals surface area (Å²) in [5.74, 6) is -0.0415. The molecule has 0 spiro atoms. The zero-order chi connectivity index (χ0) is 14.5. The summed E-state index contributed by atoms with van der Waals surface area (Å²) in [6.45, 7) is 2.53. The fourth-order valence-corrected chi connectivity index (χ4v) is 2.56. The lowest BCUT2D eigenvalue weighted by Gasteiger charge is -2.14. The van der Waals surface area contributed by atoms with Gasteiger partial charge in [-0.25, -0.2) is 4.98 Å². The predicted molar refractivity (Wildman–Crippen MR) is 83.2 cm³/mol. The van der Waals surface area contributed by atoms with Crippen molar-refractivity contribution in [1.29, 1.82) is 0 Å². The first-order valence-electron chi connectivity index (χ1n) is 6.24. The minimum Gasteiger partial charge on any atom is -0.399 e. The van der Waals surface area contributed by atoms with E-state index in [1.807, 2.05) is 31.2 Å². The van der Waals surface area contributed by atoms with Crippen molar-refractivity contribution in [2.75, 3.05) is 12.8 Å². The highest BCUT2D eigenvalue weighted by Crippen LogP contribution is 2.14. The van der Waals surface area contributed by atoms with Gasteiger partial charge in [0.05, 0.1) is 17.7 Å². The van der Waals surface area contributed by atoms with Crippen molar-refractivity contribution in [2.45, 2.75) is 13.5 Å². The molecule has 1 aromatic carbocycles. The van der Waals surface area contributed by atoms with Gasteiger partial charge in [-0.05, 0) is 30.7 Å². The average Bonchev–Trinajstić information content (AvgIpc) is 2.81. The number of aryl methyl sites for hydroxylation is 1. The SMILES string of the molecule is Cc1ncsc1CN(C)C(=O)/C=C/c1cccc(N)c1. The van der Waals surface area contributed by atoms with E-state index in [1.165, 1.54) is 0 Å². The van der Waals surface area contributed by atoms with E-state index in [9.17, 15) is 4.79 Å². The van der Waals surface area contributed by atoms with E-state index in [4.69, 9.17) is 5.73 Å². The molecule has 1 aromatic heterocycles. The molecule has 2 rings (SSSR count). The van der Waals surface area contributed by atoms with Crippen molar-refractivity contribution >= 4 is 29.0 Å². The zero-order valence-corrected chi connectivity index (χ0v) is 12.4. The lowest BCUT2D eigenvalue weighted by Crippen LogP contribution is -2.23. The van der Waals surface area contributed by atoms with Gasteiger partial charge >= 0.3 is 0 Å². The van der Waals surface area contributed by atoms with Crippen molar-refractivity contribution in [2.24, 2.45) is 0 Å². The van der Waals surface area contributed by atoms with Crippen LogP contribution in [0.3, 0.4) is 0 Å². The minimum absolute atomic E-state index is 0.0415. The molecular formula is C15H17N3OS. The van der Waals surface area contributed by atoms with Crippen LogP contribution >= 0.6 is 11.3 Å². The Labute approximate surface area is 122 Å². The Bertz CT molecular complexity index is 634. The standard InChI is InChI=1S/C15H17N3OS/c1-11-14(20-10-17-11)9-18(2)15(19)7-6-12-4-3-5-13(16)8-12/h3-8,10H,9,16H2,1-2H3/b7-6+. The number of carbonyl (C=O) groups excluding carboxylic acids is 1. The number of nitrogen functional groups attached to an aromatic ring is 1. The molecule has 0 aliphatic carbocycles. The van der Waals surface area contributed by atoms with Crippen LogP contribution in [0.25, 0.3) is 6.08 Å². The van der Waals surface area contributed by atoms with Crippen molar-refractivity contribution in [3.63, 3.8) is 0 Å². The number of nitrogens with zero attached hydrogens (tertiary/aromatic N) is 2. The third-order valence-corrected chi connectivity index (χ3v) is 3.85. The van der Waals surface area contributed by atoms with Crippen LogP contribution < -0.4 is 5.73 Å². The molecule has 1 heterocycles. The summed E-state index contributed by atoms with van der Waals surface area (Å²) in [7, 11) is 1.78. The predicted octanol–water partition coefficient (Wildman–Crippen LogP) is 2.71. The van der Waals surface area contributed by atoms with Crippen molar-refractivity contribution in [3.8, 4) is 0 Å². The fourth-order valence-electron chi connectivity index (χ4n) is 1.73. The van der Waals surface area contributed by atoms with Gasteiger partial charge in [-0.3, -0.25) is 4.79 Å². The summed E-state index contributed by atoms with van der Waals surface area (Å²) in [6.07, 6.45) is 3.33. The maximum Gasteiger partial charge on any atom is 0.246 e. The highest BCUT2D eigenvalue weighted by atomic mass is 32.1. The smallest absolute Gasteiger partial charge is 0.246 e. The Morgan fingerprint density at radius 1 is 1.50 bits per heavy atom. The molecule has 0 fully saturated rings. The van der Waals surface area contributed by atoms with Gasteiger partial charge in [-0.15, -0.1) is 11.3 Å². The topological polar surface area (TPSA) is 59.2 Å². The Morgan fingerprint density at radius 3 is 2.95 bits per heavy atom. The molecular weight excluding hydrogens is 270 g/mol. The third kappa shape index (κ3) is 3.68. The number of amides is 1. The third-order valence-electron chi connectivity index (χ3n) is 2.93. The van der Waals surface area contributed by atoms with E-state index in [-0.39, 0.29) is 5.91 Å². The summed E-state index contributed by atoms with van der Waals surface area (Å²) in [5.41, 5.74) is 10.1. The molecule has 4 nitrogen and oxygen atoms in total. The highest BCUT2D eigenvalue weighted by molar-refractivity contribution is 7.09. The molecule has 5 heteroatoms. The summed E-state index contributed by atoms with van der Waals surface area (Å²) in [4.78, 5) is 19.0. The summed E-state index contributed by atoms with van der Waals surface area (Å²) >= 11 is 1.57. The van der Waals surface area contributed by atoms with Gasteiger partial charge < -0.3 is 10.6 Å². The van der Waals surface area contributed by atoms with Crippen LogP contribution in [0.2, 0.25) is 0 Å². The molecule has 0 bridgehead atoms. The Morgan fingerprint density at radius 2 is 2.30 bits per heavy atom. The first-order valence-corrected chi connectivity index (χ1v) is 7.12. The van der Waals surface area contributed by atoms with E-state index in [0.29, 0.717) is 12.2 Å². The van der Waals surface area contributed by atoms with Crippen molar-refractivity contribution < 1.29 is 4.79 Å². The summed E-state index contributed by atoms with van der Waals surface area (Å²) in [6, 6.07) is 7.42. The van der Waals surface area contributed by atoms with Crippen molar-refractivity contribution in [3.05, 3.63) is 52.0 Å². The molecule has 0 aliphatic rings. The van der Waals surface area contributed by atoms with E-state index in [1.54, 1.807) is 40.9 Å². The van der Waals surface area contributed by atoms with E-state index >= 15 is 0 Å². The van der Waals surface area contributed by atoms with Gasteiger partial charge in [0.2, 0.25) is 5.91 Å². The number of hydrogen-bond donors (Lipinski definition) is 1. The molecule has 2 aromatic rings. The number of nitrogens with two attached hydrogens (primary N) is 1. The first kappa shape index (κ1) is 14.3. The van der Waals surface area contributed by atoms with Crippen molar-refractivity contribution in [1.82, 2.24) is 9.88 Å². The molecule has 2 N–H and O–H groups in total. The van der Waals surface area contributed by atoms with E-state index in [2.05, 4.69) is 4.98 Å². The van der Waals surface area contributed by atoms with Gasteiger partial charge in [0.1, 0.15) is 0 Å². The van der Waals surface area contributed by atoms with Crippen LogP contribution in [0.4, 0.5) is 5.69 Å². The normalized spacial score (nSPS) is 10.9. The van der Waals surface area contributed by atoms with Crippen LogP contribution in [0.1, 0.15) is 16.1 Å². The molecule has 0 unspecified atom stereocenters. The number of aromatic nitrogens is 1. The van der Waals surface area contributed by atoms with Crippen LogP contribution in [0.5, 0.6) is 0 Å². The molecule has 20 heavy (non-hydrogen) atoms. The Hall–Kier alpha value is -2.14. The van der Waals surface area contributed by atoms with Crippen LogP contribution in [-0.4, -0.2) is 22.8 Å². The first-order chi connectivity index (χ1) is 9.56. The van der Waals surface area contributed by atoms with Gasteiger partial charge in [-0.2, -0.15) is 0 Å². The van der Waals surface area contributed by atoms with E-state index in [0.717, 1.165) is 16.1 Å².